The minimum Gasteiger partial charge on any atom is -0.438 e. The molecule has 8 nitrogen and oxygen atoms in total. The van der Waals surface area contributed by atoms with Gasteiger partial charge in [0.15, 0.2) is 11.9 Å². The number of hydrogen-bond acceptors (Lipinski definition) is 7. The molecule has 4 atom stereocenters. The molecule has 3 N–H and O–H groups in total. The van der Waals surface area contributed by atoms with Crippen LogP contribution < -0.4 is 16.0 Å². The number of carbonyl (C=O) groups is 2. The monoisotopic (exact) mass is 373 g/mol. The van der Waals surface area contributed by atoms with Gasteiger partial charge in [0, 0.05) is 6.92 Å². The van der Waals surface area contributed by atoms with Crippen molar-refractivity contribution in [3.8, 4) is 0 Å². The molecule has 0 saturated carbocycles. The van der Waals surface area contributed by atoms with Gasteiger partial charge in [-0.1, -0.05) is 13.5 Å². The van der Waals surface area contributed by atoms with E-state index in [9.17, 15) is 22.8 Å². The van der Waals surface area contributed by atoms with E-state index in [1.165, 1.54) is 17.9 Å². The van der Waals surface area contributed by atoms with E-state index in [2.05, 4.69) is 22.2 Å². The second-order valence-electron chi connectivity index (χ2n) is 6.16. The number of ether oxygens (including phenoxy) is 1. The predicted molar refractivity (Wildman–Crippen MR) is 84.2 cm³/mol. The number of nitrogens with zero attached hydrogens (tertiary/aromatic N) is 2. The molecule has 0 bridgehead atoms. The lowest BCUT2D eigenvalue weighted by molar-refractivity contribution is -0.172. The highest BCUT2D eigenvalue weighted by Crippen LogP contribution is 2.39. The number of rotatable bonds is 2. The highest BCUT2D eigenvalue weighted by atomic mass is 19.4. The maximum atomic E-state index is 12.7. The zero-order valence-corrected chi connectivity index (χ0v) is 14.1. The van der Waals surface area contributed by atoms with Gasteiger partial charge in [-0.15, -0.1) is 0 Å². The summed E-state index contributed by atoms with van der Waals surface area (Å²) in [5.74, 6) is -2.66. The molecule has 3 aliphatic heterocycles. The van der Waals surface area contributed by atoms with E-state index in [0.717, 1.165) is 0 Å². The summed E-state index contributed by atoms with van der Waals surface area (Å²) in [5, 5.41) is 7.99. The fraction of sp³-hybridized carbons (Fsp3) is 0.533. The number of aliphatic imine (C=N–C) groups is 1. The fourth-order valence-corrected chi connectivity index (χ4v) is 3.45. The summed E-state index contributed by atoms with van der Waals surface area (Å²) in [6, 6.07) is -0.814. The second kappa shape index (κ2) is 5.92. The first-order valence-corrected chi connectivity index (χ1v) is 7.94. The van der Waals surface area contributed by atoms with E-state index in [4.69, 9.17) is 4.74 Å². The van der Waals surface area contributed by atoms with Crippen LogP contribution >= 0.6 is 0 Å². The average Bonchev–Trinajstić information content (AvgIpc) is 3.04. The molecule has 0 aromatic carbocycles. The van der Waals surface area contributed by atoms with E-state index >= 15 is 0 Å². The number of nitrogens with one attached hydrogen (secondary N) is 3. The van der Waals surface area contributed by atoms with Crippen LogP contribution in [0.4, 0.5) is 13.2 Å². The highest BCUT2D eigenvalue weighted by Gasteiger charge is 2.59. The molecule has 3 heterocycles. The Balaban J connectivity index is 2.03. The number of amides is 1. The largest absolute Gasteiger partial charge is 0.471 e. The Labute approximate surface area is 147 Å². The first kappa shape index (κ1) is 18.1. The summed E-state index contributed by atoms with van der Waals surface area (Å²) in [6.07, 6.45) is -2.41. The van der Waals surface area contributed by atoms with Crippen molar-refractivity contribution in [2.45, 2.75) is 50.4 Å². The van der Waals surface area contributed by atoms with Crippen molar-refractivity contribution in [1.29, 1.82) is 0 Å². The molecule has 11 heteroatoms. The highest BCUT2D eigenvalue weighted by molar-refractivity contribution is 6.00. The molecule has 1 spiro atoms. The van der Waals surface area contributed by atoms with Crippen LogP contribution in [0, 0.1) is 0 Å². The lowest BCUT2D eigenvalue weighted by Crippen LogP contribution is -2.71. The molecule has 1 saturated heterocycles. The van der Waals surface area contributed by atoms with Crippen molar-refractivity contribution in [2.75, 3.05) is 0 Å². The van der Waals surface area contributed by atoms with Crippen molar-refractivity contribution in [1.82, 2.24) is 20.9 Å². The van der Waals surface area contributed by atoms with E-state index < -0.39 is 36.0 Å². The van der Waals surface area contributed by atoms with Gasteiger partial charge in [-0.05, 0) is 18.6 Å². The topological polar surface area (TPSA) is 95.1 Å². The standard InChI is InChI=1S/C15H18F3N5O3/c1-4-9-11-14(22-7(2)19-11)6-5-10(26-8(3)24)23(14)13(20-9)21-12(25)15(16,17)18/h5-6,9-11,19,22H,2,4H2,1,3H3,(H,20,21,25)/t9-,10?,11-,14?/m0/s1. The molecule has 3 aliphatic rings. The Hall–Kier alpha value is -2.72. The zero-order chi connectivity index (χ0) is 19.3. The minimum atomic E-state index is -5.08. The quantitative estimate of drug-likeness (QED) is 0.476. The molecule has 3 rings (SSSR count). The van der Waals surface area contributed by atoms with E-state index in [1.807, 2.05) is 6.92 Å². The van der Waals surface area contributed by atoms with Crippen molar-refractivity contribution >= 4 is 17.8 Å². The summed E-state index contributed by atoms with van der Waals surface area (Å²) in [4.78, 5) is 28.4. The third-order valence-electron chi connectivity index (χ3n) is 4.41. The van der Waals surface area contributed by atoms with E-state index in [1.54, 1.807) is 11.4 Å². The fourth-order valence-electron chi connectivity index (χ4n) is 3.45. The molecular formula is C15H18F3N5O3. The summed E-state index contributed by atoms with van der Waals surface area (Å²) >= 11 is 0. The Morgan fingerprint density at radius 1 is 1.50 bits per heavy atom. The molecule has 2 unspecified atom stereocenters. The van der Waals surface area contributed by atoms with Crippen LogP contribution in [-0.2, 0) is 14.3 Å². The Morgan fingerprint density at radius 3 is 2.77 bits per heavy atom. The molecule has 0 aliphatic carbocycles. The zero-order valence-electron chi connectivity index (χ0n) is 14.1. The summed E-state index contributed by atoms with van der Waals surface area (Å²) < 4.78 is 43.4. The first-order valence-electron chi connectivity index (χ1n) is 7.94. The molecular weight excluding hydrogens is 355 g/mol. The van der Waals surface area contributed by atoms with E-state index in [-0.39, 0.29) is 12.0 Å². The van der Waals surface area contributed by atoms with Crippen LogP contribution in [0.3, 0.4) is 0 Å². The average molecular weight is 373 g/mol. The van der Waals surface area contributed by atoms with Crippen LogP contribution in [0.15, 0.2) is 29.5 Å². The third kappa shape index (κ3) is 2.76. The van der Waals surface area contributed by atoms with Crippen molar-refractivity contribution in [3.05, 3.63) is 24.6 Å². The van der Waals surface area contributed by atoms with Gasteiger partial charge in [0.25, 0.3) is 0 Å². The molecule has 0 aromatic rings. The number of esters is 1. The maximum absolute atomic E-state index is 12.7. The van der Waals surface area contributed by atoms with Gasteiger partial charge in [-0.2, -0.15) is 13.2 Å². The van der Waals surface area contributed by atoms with Gasteiger partial charge in [0.05, 0.1) is 17.9 Å². The first-order chi connectivity index (χ1) is 12.1. The Bertz CT molecular complexity index is 720. The summed E-state index contributed by atoms with van der Waals surface area (Å²) in [6.45, 7) is 6.81. The van der Waals surface area contributed by atoms with E-state index in [0.29, 0.717) is 12.2 Å². The van der Waals surface area contributed by atoms with Gasteiger partial charge >= 0.3 is 18.1 Å². The van der Waals surface area contributed by atoms with Crippen LogP contribution in [-0.4, -0.2) is 52.9 Å². The van der Waals surface area contributed by atoms with Gasteiger partial charge in [0.1, 0.15) is 0 Å². The van der Waals surface area contributed by atoms with Gasteiger partial charge < -0.3 is 15.4 Å². The lowest BCUT2D eigenvalue weighted by Gasteiger charge is -2.47. The predicted octanol–water partition coefficient (Wildman–Crippen LogP) is 0.303. The third-order valence-corrected chi connectivity index (χ3v) is 4.41. The normalized spacial score (nSPS) is 32.2. The Kier molecular flexibility index (Phi) is 4.12. The SMILES string of the molecule is C=C1N[C@H]2[C@H](CC)N=C(NC(=O)C(F)(F)F)N3C(OC(C)=O)C=CC23N1. The maximum Gasteiger partial charge on any atom is 0.471 e. The number of guanidine groups is 1. The van der Waals surface area contributed by atoms with Crippen LogP contribution in [0.2, 0.25) is 0 Å². The van der Waals surface area contributed by atoms with Crippen molar-refractivity contribution in [2.24, 2.45) is 4.99 Å². The molecule has 0 aromatic heterocycles. The molecule has 1 amide bonds. The molecule has 26 heavy (non-hydrogen) atoms. The van der Waals surface area contributed by atoms with Gasteiger partial charge in [-0.25, -0.2) is 4.99 Å². The molecule has 142 valence electrons. The summed E-state index contributed by atoms with van der Waals surface area (Å²) in [7, 11) is 0. The number of halogens is 3. The van der Waals surface area contributed by atoms with Crippen LogP contribution in [0.1, 0.15) is 20.3 Å². The number of carbonyl (C=O) groups excluding carboxylic acids is 2. The minimum absolute atomic E-state index is 0.323. The summed E-state index contributed by atoms with van der Waals surface area (Å²) in [5.41, 5.74) is -1.06. The Morgan fingerprint density at radius 2 is 2.19 bits per heavy atom. The van der Waals surface area contributed by atoms with Crippen molar-refractivity contribution < 1.29 is 27.5 Å². The second-order valence-corrected chi connectivity index (χ2v) is 6.16. The number of alkyl halides is 3. The smallest absolute Gasteiger partial charge is 0.438 e. The number of hydrogen-bond donors (Lipinski definition) is 3. The van der Waals surface area contributed by atoms with Crippen LogP contribution in [0.25, 0.3) is 0 Å². The molecule has 0 radical (unpaired) electrons. The molecule has 1 fully saturated rings. The lowest BCUT2D eigenvalue weighted by atomic mass is 9.91. The van der Waals surface area contributed by atoms with Gasteiger partial charge in [0.2, 0.25) is 5.96 Å². The van der Waals surface area contributed by atoms with Crippen molar-refractivity contribution in [3.63, 3.8) is 0 Å². The van der Waals surface area contributed by atoms with Gasteiger partial charge in [-0.3, -0.25) is 19.8 Å². The van der Waals surface area contributed by atoms with Crippen LogP contribution in [0.5, 0.6) is 0 Å².